The molecule has 1 aliphatic carbocycles. The van der Waals surface area contributed by atoms with Gasteiger partial charge in [-0.2, -0.15) is 5.10 Å². The predicted molar refractivity (Wildman–Crippen MR) is 135 cm³/mol. The van der Waals surface area contributed by atoms with Crippen LogP contribution < -0.4 is 5.43 Å². The Kier molecular flexibility index (Phi) is 8.05. The molecule has 0 unspecified atom stereocenters. The summed E-state index contributed by atoms with van der Waals surface area (Å²) < 4.78 is 0. The number of fused-ring (bicyclic) bond motifs is 1. The maximum absolute atomic E-state index is 13.2. The van der Waals surface area contributed by atoms with Gasteiger partial charge in [-0.3, -0.25) is 4.79 Å². The van der Waals surface area contributed by atoms with Gasteiger partial charge in [-0.25, -0.2) is 10.4 Å². The summed E-state index contributed by atoms with van der Waals surface area (Å²) in [6.07, 6.45) is 13.5. The lowest BCUT2D eigenvalue weighted by Gasteiger charge is -2.11. The largest absolute Gasteiger partial charge is 0.272 e. The van der Waals surface area contributed by atoms with E-state index in [-0.39, 0.29) is 5.91 Å². The number of para-hydroxylation sites is 1. The fourth-order valence-electron chi connectivity index (χ4n) is 4.38. The molecule has 0 radical (unpaired) electrons. The number of carbonyl (C=O) groups is 1. The Labute approximate surface area is 195 Å². The van der Waals surface area contributed by atoms with Gasteiger partial charge in [0.05, 0.1) is 21.7 Å². The second kappa shape index (κ2) is 11.4. The van der Waals surface area contributed by atoms with Gasteiger partial charge < -0.3 is 0 Å². The molecule has 1 fully saturated rings. The van der Waals surface area contributed by atoms with Gasteiger partial charge in [0.15, 0.2) is 0 Å². The SMILES string of the molecule is Cc1ccc(-c2cc(C(=O)NN=C3CCCCCCCCCCC3)c3ccccc3n2)s1. The standard InChI is InChI=1S/C27H33N3OS/c1-20-17-18-26(32-20)25-19-23(22-15-11-12-16-24(22)28-25)27(31)30-29-21-13-9-7-5-3-2-4-6-8-10-14-21/h11-12,15-19H,2-10,13-14H2,1H3,(H,30,31). The van der Waals surface area contributed by atoms with Crippen LogP contribution in [0.3, 0.4) is 0 Å². The fraction of sp³-hybridized carbons (Fsp3) is 0.444. The van der Waals surface area contributed by atoms with Crippen LogP contribution in [-0.4, -0.2) is 16.6 Å². The monoisotopic (exact) mass is 447 g/mol. The molecule has 32 heavy (non-hydrogen) atoms. The number of benzene rings is 1. The van der Waals surface area contributed by atoms with Crippen molar-refractivity contribution in [1.29, 1.82) is 0 Å². The van der Waals surface area contributed by atoms with Crippen LogP contribution >= 0.6 is 11.3 Å². The molecule has 4 rings (SSSR count). The van der Waals surface area contributed by atoms with Crippen molar-refractivity contribution in [3.05, 3.63) is 52.9 Å². The van der Waals surface area contributed by atoms with Crippen LogP contribution in [0.1, 0.15) is 85.9 Å². The van der Waals surface area contributed by atoms with E-state index in [2.05, 4.69) is 29.6 Å². The number of hydrogen-bond donors (Lipinski definition) is 1. The van der Waals surface area contributed by atoms with Crippen LogP contribution in [0.15, 0.2) is 47.6 Å². The molecule has 0 spiro atoms. The molecule has 1 aromatic carbocycles. The number of amides is 1. The summed E-state index contributed by atoms with van der Waals surface area (Å²) in [6, 6.07) is 13.9. The van der Waals surface area contributed by atoms with Crippen LogP contribution in [0.2, 0.25) is 0 Å². The molecule has 0 aliphatic heterocycles. The van der Waals surface area contributed by atoms with Crippen molar-refractivity contribution in [2.24, 2.45) is 5.10 Å². The number of pyridine rings is 1. The molecule has 3 aromatic rings. The number of hydrogen-bond acceptors (Lipinski definition) is 4. The Morgan fingerprint density at radius 3 is 2.22 bits per heavy atom. The molecule has 1 saturated carbocycles. The molecule has 0 saturated heterocycles. The smallest absolute Gasteiger partial charge is 0.267 e. The van der Waals surface area contributed by atoms with E-state index in [4.69, 9.17) is 4.98 Å². The molecule has 0 atom stereocenters. The third-order valence-corrected chi connectivity index (χ3v) is 7.22. The molecule has 2 heterocycles. The van der Waals surface area contributed by atoms with Crippen LogP contribution in [-0.2, 0) is 0 Å². The van der Waals surface area contributed by atoms with Gasteiger partial charge in [-0.05, 0) is 56.9 Å². The van der Waals surface area contributed by atoms with Crippen molar-refractivity contribution in [2.75, 3.05) is 0 Å². The highest BCUT2D eigenvalue weighted by atomic mass is 32.1. The number of carbonyl (C=O) groups excluding carboxylic acids is 1. The Morgan fingerprint density at radius 1 is 0.906 bits per heavy atom. The molecule has 168 valence electrons. The highest BCUT2D eigenvalue weighted by Crippen LogP contribution is 2.30. The average Bonchev–Trinajstić information content (AvgIpc) is 3.24. The van der Waals surface area contributed by atoms with E-state index < -0.39 is 0 Å². The summed E-state index contributed by atoms with van der Waals surface area (Å²) in [6.45, 7) is 2.09. The number of nitrogens with zero attached hydrogens (tertiary/aromatic N) is 2. The van der Waals surface area contributed by atoms with Gasteiger partial charge in [-0.1, -0.05) is 63.1 Å². The number of thiophene rings is 1. The summed E-state index contributed by atoms with van der Waals surface area (Å²) in [5, 5.41) is 5.46. The first-order valence-corrected chi connectivity index (χ1v) is 12.8. The van der Waals surface area contributed by atoms with Crippen molar-refractivity contribution < 1.29 is 4.79 Å². The lowest BCUT2D eigenvalue weighted by atomic mass is 10.00. The van der Waals surface area contributed by atoms with Crippen LogP contribution in [0.4, 0.5) is 0 Å². The summed E-state index contributed by atoms with van der Waals surface area (Å²) >= 11 is 1.70. The number of aryl methyl sites for hydroxylation is 1. The Morgan fingerprint density at radius 2 is 1.56 bits per heavy atom. The molecular formula is C27H33N3OS. The topological polar surface area (TPSA) is 54.4 Å². The molecule has 1 aliphatic rings. The van der Waals surface area contributed by atoms with Crippen molar-refractivity contribution in [3.8, 4) is 10.6 Å². The number of rotatable bonds is 3. The Hall–Kier alpha value is -2.53. The van der Waals surface area contributed by atoms with Gasteiger partial charge in [0, 0.05) is 16.0 Å². The highest BCUT2D eigenvalue weighted by Gasteiger charge is 2.15. The predicted octanol–water partition coefficient (Wildman–Crippen LogP) is 7.66. The second-order valence-electron chi connectivity index (χ2n) is 8.78. The van der Waals surface area contributed by atoms with E-state index in [0.29, 0.717) is 5.56 Å². The lowest BCUT2D eigenvalue weighted by molar-refractivity contribution is 0.0956. The minimum atomic E-state index is -0.156. The molecular weight excluding hydrogens is 414 g/mol. The average molecular weight is 448 g/mol. The third-order valence-electron chi connectivity index (χ3n) is 6.20. The van der Waals surface area contributed by atoms with E-state index in [9.17, 15) is 4.79 Å². The third kappa shape index (κ3) is 6.04. The maximum atomic E-state index is 13.2. The number of hydrazone groups is 1. The van der Waals surface area contributed by atoms with E-state index in [0.717, 1.165) is 52.9 Å². The van der Waals surface area contributed by atoms with Crippen LogP contribution in [0.25, 0.3) is 21.5 Å². The van der Waals surface area contributed by atoms with Gasteiger partial charge in [0.1, 0.15) is 0 Å². The minimum Gasteiger partial charge on any atom is -0.267 e. The van der Waals surface area contributed by atoms with Crippen molar-refractivity contribution in [1.82, 2.24) is 10.4 Å². The molecule has 1 amide bonds. The zero-order chi connectivity index (χ0) is 22.2. The Balaban J connectivity index is 1.55. The molecule has 1 N–H and O–H groups in total. The number of nitrogens with one attached hydrogen (secondary N) is 1. The normalized spacial score (nSPS) is 16.2. The van der Waals surface area contributed by atoms with Gasteiger partial charge in [0.25, 0.3) is 5.91 Å². The maximum Gasteiger partial charge on any atom is 0.272 e. The van der Waals surface area contributed by atoms with Gasteiger partial charge >= 0.3 is 0 Å². The van der Waals surface area contributed by atoms with Crippen LogP contribution in [0.5, 0.6) is 0 Å². The minimum absolute atomic E-state index is 0.156. The first-order chi connectivity index (χ1) is 15.7. The summed E-state index contributed by atoms with van der Waals surface area (Å²) in [7, 11) is 0. The molecule has 2 aromatic heterocycles. The first kappa shape index (κ1) is 22.7. The number of aromatic nitrogens is 1. The molecule has 5 heteroatoms. The summed E-state index contributed by atoms with van der Waals surface area (Å²) in [5.74, 6) is -0.156. The van der Waals surface area contributed by atoms with Crippen molar-refractivity contribution >= 4 is 33.9 Å². The first-order valence-electron chi connectivity index (χ1n) is 12.0. The summed E-state index contributed by atoms with van der Waals surface area (Å²) in [4.78, 5) is 20.3. The van der Waals surface area contributed by atoms with Crippen molar-refractivity contribution in [3.63, 3.8) is 0 Å². The zero-order valence-corrected chi connectivity index (χ0v) is 19.8. The Bertz CT molecular complexity index is 1070. The molecule has 4 nitrogen and oxygen atoms in total. The fourth-order valence-corrected chi connectivity index (χ4v) is 5.21. The van der Waals surface area contributed by atoms with E-state index >= 15 is 0 Å². The zero-order valence-electron chi connectivity index (χ0n) is 19.0. The van der Waals surface area contributed by atoms with Gasteiger partial charge in [-0.15, -0.1) is 11.3 Å². The lowest BCUT2D eigenvalue weighted by Crippen LogP contribution is -2.20. The summed E-state index contributed by atoms with van der Waals surface area (Å²) in [5.41, 5.74) is 6.32. The van der Waals surface area contributed by atoms with E-state index in [1.807, 2.05) is 30.3 Å². The van der Waals surface area contributed by atoms with E-state index in [1.165, 1.54) is 49.8 Å². The second-order valence-corrected chi connectivity index (χ2v) is 10.1. The van der Waals surface area contributed by atoms with Gasteiger partial charge in [0.2, 0.25) is 0 Å². The quantitative estimate of drug-likeness (QED) is 0.419. The van der Waals surface area contributed by atoms with Crippen LogP contribution in [0, 0.1) is 6.92 Å². The van der Waals surface area contributed by atoms with Crippen molar-refractivity contribution in [2.45, 2.75) is 77.6 Å². The van der Waals surface area contributed by atoms with E-state index in [1.54, 1.807) is 11.3 Å². The molecule has 0 bridgehead atoms. The highest BCUT2D eigenvalue weighted by molar-refractivity contribution is 7.15.